The van der Waals surface area contributed by atoms with Gasteiger partial charge < -0.3 is 4.55 Å². The number of anilines is 1. The van der Waals surface area contributed by atoms with E-state index in [1.54, 1.807) is 6.92 Å². The minimum atomic E-state index is -2.30. The SMILES string of the molecule is Cc1nnc(NS(=O)[O-])s1. The lowest BCUT2D eigenvalue weighted by atomic mass is 10.9. The molecule has 0 aliphatic carbocycles. The van der Waals surface area contributed by atoms with E-state index in [1.165, 1.54) is 11.3 Å². The van der Waals surface area contributed by atoms with Gasteiger partial charge in [0.15, 0.2) is 0 Å². The van der Waals surface area contributed by atoms with Crippen molar-refractivity contribution in [2.24, 2.45) is 0 Å². The van der Waals surface area contributed by atoms with Gasteiger partial charge in [0.25, 0.3) is 0 Å². The van der Waals surface area contributed by atoms with Gasteiger partial charge in [-0.1, -0.05) is 11.3 Å². The summed E-state index contributed by atoms with van der Waals surface area (Å²) in [5, 5.41) is 8.15. The summed E-state index contributed by atoms with van der Waals surface area (Å²) >= 11 is -1.11. The molecule has 10 heavy (non-hydrogen) atoms. The average molecular weight is 178 g/mol. The minimum absolute atomic E-state index is 0.297. The smallest absolute Gasteiger partial charge is 0.216 e. The van der Waals surface area contributed by atoms with Gasteiger partial charge in [-0.25, -0.2) is 0 Å². The molecule has 1 heterocycles. The van der Waals surface area contributed by atoms with Crippen molar-refractivity contribution in [3.05, 3.63) is 5.01 Å². The Morgan fingerprint density at radius 3 is 2.80 bits per heavy atom. The summed E-state index contributed by atoms with van der Waals surface area (Å²) in [4.78, 5) is 0. The van der Waals surface area contributed by atoms with E-state index in [4.69, 9.17) is 0 Å². The topological polar surface area (TPSA) is 77.9 Å². The van der Waals surface area contributed by atoms with Crippen LogP contribution in [0.4, 0.5) is 5.13 Å². The molecular weight excluding hydrogens is 174 g/mol. The van der Waals surface area contributed by atoms with E-state index >= 15 is 0 Å². The van der Waals surface area contributed by atoms with Crippen molar-refractivity contribution in [2.45, 2.75) is 6.92 Å². The van der Waals surface area contributed by atoms with E-state index in [0.29, 0.717) is 5.13 Å². The van der Waals surface area contributed by atoms with Gasteiger partial charge in [-0.15, -0.1) is 10.2 Å². The molecule has 1 rings (SSSR count). The lowest BCUT2D eigenvalue weighted by Crippen LogP contribution is -2.01. The highest BCUT2D eigenvalue weighted by molar-refractivity contribution is 7.80. The molecule has 0 saturated carbocycles. The molecule has 1 N–H and O–H groups in total. The number of aromatic nitrogens is 2. The molecule has 1 aromatic heterocycles. The van der Waals surface area contributed by atoms with Crippen LogP contribution in [0.1, 0.15) is 5.01 Å². The van der Waals surface area contributed by atoms with E-state index in [9.17, 15) is 8.76 Å². The van der Waals surface area contributed by atoms with Crippen molar-refractivity contribution in [1.29, 1.82) is 0 Å². The summed E-state index contributed by atoms with van der Waals surface area (Å²) in [5.74, 6) is 0. The second kappa shape index (κ2) is 3.04. The van der Waals surface area contributed by atoms with Gasteiger partial charge in [0.1, 0.15) is 5.01 Å². The third-order valence-electron chi connectivity index (χ3n) is 0.697. The summed E-state index contributed by atoms with van der Waals surface area (Å²) in [6, 6.07) is 0. The first-order valence-corrected chi connectivity index (χ1v) is 4.23. The Kier molecular flexibility index (Phi) is 2.30. The summed E-state index contributed by atoms with van der Waals surface area (Å²) < 4.78 is 22.1. The minimum Gasteiger partial charge on any atom is -0.755 e. The Balaban J connectivity index is 2.67. The van der Waals surface area contributed by atoms with Crippen LogP contribution in [-0.2, 0) is 11.3 Å². The maximum atomic E-state index is 10.0. The highest BCUT2D eigenvalue weighted by Gasteiger charge is 1.96. The molecule has 0 bridgehead atoms. The second-order valence-corrected chi connectivity index (χ2v) is 3.32. The zero-order chi connectivity index (χ0) is 7.56. The Hall–Kier alpha value is -0.530. The molecule has 1 atom stereocenters. The monoisotopic (exact) mass is 178 g/mol. The van der Waals surface area contributed by atoms with Crippen molar-refractivity contribution in [3.8, 4) is 0 Å². The van der Waals surface area contributed by atoms with Crippen molar-refractivity contribution in [2.75, 3.05) is 4.72 Å². The van der Waals surface area contributed by atoms with Crippen LogP contribution in [0, 0.1) is 6.92 Å². The predicted molar refractivity (Wildman–Crippen MR) is 37.2 cm³/mol. The van der Waals surface area contributed by atoms with Crippen LogP contribution in [0.25, 0.3) is 0 Å². The number of hydrogen-bond acceptors (Lipinski definition) is 5. The molecule has 0 fully saturated rings. The third-order valence-corrected chi connectivity index (χ3v) is 1.94. The van der Waals surface area contributed by atoms with Gasteiger partial charge in [-0.05, 0) is 6.92 Å². The number of hydrogen-bond donors (Lipinski definition) is 1. The summed E-state index contributed by atoms with van der Waals surface area (Å²) in [6.45, 7) is 1.75. The molecule has 5 nitrogen and oxygen atoms in total. The van der Waals surface area contributed by atoms with Gasteiger partial charge in [-0.3, -0.25) is 8.93 Å². The second-order valence-electron chi connectivity index (χ2n) is 1.46. The van der Waals surface area contributed by atoms with Crippen molar-refractivity contribution in [3.63, 3.8) is 0 Å². The summed E-state index contributed by atoms with van der Waals surface area (Å²) in [6.07, 6.45) is 0. The molecule has 0 aliphatic rings. The van der Waals surface area contributed by atoms with Gasteiger partial charge in [0, 0.05) is 11.3 Å². The lowest BCUT2D eigenvalue weighted by Gasteiger charge is -2.01. The van der Waals surface area contributed by atoms with Crippen LogP contribution >= 0.6 is 11.3 Å². The Labute approximate surface area is 63.9 Å². The van der Waals surface area contributed by atoms with E-state index in [-0.39, 0.29) is 0 Å². The standard InChI is InChI=1S/C3H5N3O2S2/c1-2-4-5-3(9-2)6-10(7)8/h1H3,(H,5,6)(H,7,8)/p-1. The molecule has 0 amide bonds. The highest BCUT2D eigenvalue weighted by atomic mass is 32.2. The normalized spacial score (nSPS) is 13.0. The van der Waals surface area contributed by atoms with E-state index < -0.39 is 11.3 Å². The first kappa shape index (κ1) is 7.58. The Morgan fingerprint density at radius 2 is 2.40 bits per heavy atom. The maximum absolute atomic E-state index is 10.0. The van der Waals surface area contributed by atoms with Crippen LogP contribution in [0.15, 0.2) is 0 Å². The maximum Gasteiger partial charge on any atom is 0.216 e. The molecule has 7 heteroatoms. The molecule has 0 spiro atoms. The largest absolute Gasteiger partial charge is 0.755 e. The fraction of sp³-hybridized carbons (Fsp3) is 0.333. The van der Waals surface area contributed by atoms with Crippen molar-refractivity contribution >= 4 is 27.7 Å². The molecule has 1 unspecified atom stereocenters. The van der Waals surface area contributed by atoms with Crippen molar-refractivity contribution in [1.82, 2.24) is 10.2 Å². The summed E-state index contributed by atoms with van der Waals surface area (Å²) in [5.41, 5.74) is 0. The van der Waals surface area contributed by atoms with Gasteiger partial charge in [0.05, 0.1) is 0 Å². The number of nitrogens with zero attached hydrogens (tertiary/aromatic N) is 2. The van der Waals surface area contributed by atoms with Crippen LogP contribution in [0.3, 0.4) is 0 Å². The molecule has 0 radical (unpaired) electrons. The number of rotatable bonds is 2. The van der Waals surface area contributed by atoms with E-state index in [0.717, 1.165) is 5.01 Å². The summed E-state index contributed by atoms with van der Waals surface area (Å²) in [7, 11) is 0. The van der Waals surface area contributed by atoms with E-state index in [1.807, 2.05) is 0 Å². The quantitative estimate of drug-likeness (QED) is 0.649. The Bertz CT molecular complexity index is 248. The van der Waals surface area contributed by atoms with Crippen LogP contribution < -0.4 is 4.72 Å². The Morgan fingerprint density at radius 1 is 1.70 bits per heavy atom. The van der Waals surface area contributed by atoms with Gasteiger partial charge >= 0.3 is 0 Å². The zero-order valence-electron chi connectivity index (χ0n) is 5.03. The van der Waals surface area contributed by atoms with Crippen LogP contribution in [-0.4, -0.2) is 19.0 Å². The number of nitrogens with one attached hydrogen (secondary N) is 1. The van der Waals surface area contributed by atoms with Crippen molar-refractivity contribution < 1.29 is 8.76 Å². The van der Waals surface area contributed by atoms with Gasteiger partial charge in [0.2, 0.25) is 5.13 Å². The molecule has 0 aliphatic heterocycles. The molecule has 0 aromatic carbocycles. The molecule has 56 valence electrons. The third kappa shape index (κ3) is 2.01. The zero-order valence-corrected chi connectivity index (χ0v) is 6.66. The highest BCUT2D eigenvalue weighted by Crippen LogP contribution is 2.13. The molecule has 0 saturated heterocycles. The van der Waals surface area contributed by atoms with Crippen LogP contribution in [0.5, 0.6) is 0 Å². The first-order valence-electron chi connectivity index (χ1n) is 2.34. The fourth-order valence-corrected chi connectivity index (χ4v) is 1.41. The fourth-order valence-electron chi connectivity index (χ4n) is 0.409. The van der Waals surface area contributed by atoms with E-state index in [2.05, 4.69) is 14.9 Å². The van der Waals surface area contributed by atoms with Crippen LogP contribution in [0.2, 0.25) is 0 Å². The first-order chi connectivity index (χ1) is 4.68. The lowest BCUT2D eigenvalue weighted by molar-refractivity contribution is 0.542. The average Bonchev–Trinajstić information content (AvgIpc) is 2.13. The molecule has 1 aromatic rings. The predicted octanol–water partition coefficient (Wildman–Crippen LogP) is 0.0525. The number of aryl methyl sites for hydroxylation is 1. The van der Waals surface area contributed by atoms with Gasteiger partial charge in [-0.2, -0.15) is 0 Å². The molecular formula is C3H4N3O2S2-.